The Morgan fingerprint density at radius 3 is 2.52 bits per heavy atom. The molecule has 6 heteroatoms. The van der Waals surface area contributed by atoms with Crippen LogP contribution < -0.4 is 10.2 Å². The number of benzene rings is 1. The highest BCUT2D eigenvalue weighted by molar-refractivity contribution is 5.91. The summed E-state index contributed by atoms with van der Waals surface area (Å²) in [6.07, 6.45) is 2.87. The third-order valence-electron chi connectivity index (χ3n) is 5.53. The fourth-order valence-electron chi connectivity index (χ4n) is 3.75. The zero-order chi connectivity index (χ0) is 20.8. The highest BCUT2D eigenvalue weighted by atomic mass is 16.5. The predicted molar refractivity (Wildman–Crippen MR) is 113 cm³/mol. The fourth-order valence-corrected chi connectivity index (χ4v) is 3.75. The van der Waals surface area contributed by atoms with Gasteiger partial charge in [0.25, 0.3) is 5.91 Å². The second-order valence-electron chi connectivity index (χ2n) is 7.86. The summed E-state index contributed by atoms with van der Waals surface area (Å²) in [6.45, 7) is 5.04. The molecule has 1 aromatic carbocycles. The van der Waals surface area contributed by atoms with Crippen LogP contribution in [0.25, 0.3) is 0 Å². The minimum absolute atomic E-state index is 0.123. The maximum atomic E-state index is 13.2. The number of aryl methyl sites for hydroxylation is 1. The van der Waals surface area contributed by atoms with E-state index >= 15 is 0 Å². The molecule has 1 aliphatic rings. The van der Waals surface area contributed by atoms with Crippen LogP contribution in [0.4, 0.5) is 0 Å². The van der Waals surface area contributed by atoms with E-state index in [0.29, 0.717) is 24.8 Å². The number of carbonyl (C=O) groups excluding carboxylic acids is 1. The summed E-state index contributed by atoms with van der Waals surface area (Å²) in [6, 6.07) is 10.6. The van der Waals surface area contributed by atoms with Gasteiger partial charge in [-0.15, -0.1) is 0 Å². The normalized spacial score (nSPS) is 15.3. The number of likely N-dealkylation sites (tertiary alicyclic amines) is 1. The van der Waals surface area contributed by atoms with Crippen molar-refractivity contribution in [1.82, 2.24) is 9.80 Å². The number of amides is 1. The molecule has 1 saturated heterocycles. The molecular formula is C23H30N2O4. The number of methoxy groups -OCH3 is 1. The van der Waals surface area contributed by atoms with Crippen LogP contribution in [0.5, 0.6) is 5.75 Å². The average Bonchev–Trinajstić information content (AvgIpc) is 2.71. The minimum atomic E-state index is -0.210. The maximum absolute atomic E-state index is 13.2. The molecule has 0 aliphatic carbocycles. The molecule has 0 radical (unpaired) electrons. The smallest absolute Gasteiger partial charge is 0.289 e. The summed E-state index contributed by atoms with van der Waals surface area (Å²) in [5.41, 5.74) is 0.934. The molecule has 2 heterocycles. The summed E-state index contributed by atoms with van der Waals surface area (Å²) >= 11 is 0. The number of rotatable bonds is 7. The molecule has 29 heavy (non-hydrogen) atoms. The standard InChI is InChI=1S/C23H30N2O4/c1-17-14-20(26)15-22(29-17)23(27)25(16-19-8-11-24(2)12-9-19)13-10-18-4-6-21(28-3)7-5-18/h4-7,14-15,19H,8-13,16H2,1-3H3. The van der Waals surface area contributed by atoms with Crippen LogP contribution in [0, 0.1) is 12.8 Å². The molecule has 1 aromatic heterocycles. The van der Waals surface area contributed by atoms with E-state index in [2.05, 4.69) is 11.9 Å². The van der Waals surface area contributed by atoms with Gasteiger partial charge >= 0.3 is 0 Å². The zero-order valence-electron chi connectivity index (χ0n) is 17.5. The molecule has 1 amide bonds. The number of hydrogen-bond donors (Lipinski definition) is 0. The summed E-state index contributed by atoms with van der Waals surface area (Å²) < 4.78 is 10.8. The molecule has 3 rings (SSSR count). The van der Waals surface area contributed by atoms with E-state index < -0.39 is 0 Å². The van der Waals surface area contributed by atoms with Gasteiger partial charge in [0.1, 0.15) is 11.5 Å². The number of ether oxygens (including phenoxy) is 1. The van der Waals surface area contributed by atoms with E-state index in [0.717, 1.165) is 43.7 Å². The van der Waals surface area contributed by atoms with Gasteiger partial charge in [-0.3, -0.25) is 9.59 Å². The quantitative estimate of drug-likeness (QED) is 0.718. The van der Waals surface area contributed by atoms with Crippen LogP contribution >= 0.6 is 0 Å². The highest BCUT2D eigenvalue weighted by Gasteiger charge is 2.25. The lowest BCUT2D eigenvalue weighted by Gasteiger charge is -2.33. The molecule has 1 aliphatic heterocycles. The molecule has 0 saturated carbocycles. The van der Waals surface area contributed by atoms with Crippen LogP contribution in [-0.2, 0) is 6.42 Å². The van der Waals surface area contributed by atoms with Crippen LogP contribution in [0.1, 0.15) is 34.7 Å². The van der Waals surface area contributed by atoms with Gasteiger partial charge in [-0.05, 0) is 69.9 Å². The van der Waals surface area contributed by atoms with Crippen molar-refractivity contribution in [2.45, 2.75) is 26.2 Å². The molecule has 1 fully saturated rings. The van der Waals surface area contributed by atoms with Gasteiger partial charge in [-0.25, -0.2) is 0 Å². The van der Waals surface area contributed by atoms with Crippen molar-refractivity contribution in [1.29, 1.82) is 0 Å². The molecule has 156 valence electrons. The Morgan fingerprint density at radius 1 is 1.21 bits per heavy atom. The lowest BCUT2D eigenvalue weighted by atomic mass is 9.96. The van der Waals surface area contributed by atoms with Gasteiger partial charge in [-0.1, -0.05) is 12.1 Å². The summed E-state index contributed by atoms with van der Waals surface area (Å²) in [4.78, 5) is 29.2. The number of hydrogen-bond acceptors (Lipinski definition) is 5. The topological polar surface area (TPSA) is 63.0 Å². The Balaban J connectivity index is 1.74. The third kappa shape index (κ3) is 5.94. The van der Waals surface area contributed by atoms with Crippen molar-refractivity contribution >= 4 is 5.91 Å². The van der Waals surface area contributed by atoms with Gasteiger partial charge in [-0.2, -0.15) is 0 Å². The molecule has 0 N–H and O–H groups in total. The van der Waals surface area contributed by atoms with Crippen LogP contribution in [-0.4, -0.2) is 56.0 Å². The molecule has 0 atom stereocenters. The van der Waals surface area contributed by atoms with Crippen molar-refractivity contribution in [3.05, 3.63) is 63.7 Å². The largest absolute Gasteiger partial charge is 0.497 e. The van der Waals surface area contributed by atoms with Crippen molar-refractivity contribution < 1.29 is 13.9 Å². The Labute approximate surface area is 172 Å². The lowest BCUT2D eigenvalue weighted by Crippen LogP contribution is -2.41. The van der Waals surface area contributed by atoms with E-state index in [1.807, 2.05) is 29.2 Å². The predicted octanol–water partition coefficient (Wildman–Crippen LogP) is 2.98. The van der Waals surface area contributed by atoms with Crippen LogP contribution in [0.3, 0.4) is 0 Å². The third-order valence-corrected chi connectivity index (χ3v) is 5.53. The van der Waals surface area contributed by atoms with E-state index in [1.165, 1.54) is 12.1 Å². The van der Waals surface area contributed by atoms with Crippen molar-refractivity contribution in [2.75, 3.05) is 40.3 Å². The van der Waals surface area contributed by atoms with E-state index in [9.17, 15) is 9.59 Å². The van der Waals surface area contributed by atoms with Crippen molar-refractivity contribution in [3.63, 3.8) is 0 Å². The summed E-state index contributed by atoms with van der Waals surface area (Å²) in [7, 11) is 3.77. The van der Waals surface area contributed by atoms with Crippen LogP contribution in [0.15, 0.2) is 45.6 Å². The molecule has 2 aromatic rings. The number of carbonyl (C=O) groups is 1. The van der Waals surface area contributed by atoms with Gasteiger partial charge in [0.15, 0.2) is 11.2 Å². The lowest BCUT2D eigenvalue weighted by molar-refractivity contribution is 0.0664. The van der Waals surface area contributed by atoms with Gasteiger partial charge < -0.3 is 19.0 Å². The number of piperidine rings is 1. The van der Waals surface area contributed by atoms with Gasteiger partial charge in [0.05, 0.1) is 7.11 Å². The second kappa shape index (κ2) is 9.74. The Morgan fingerprint density at radius 2 is 1.90 bits per heavy atom. The molecular weight excluding hydrogens is 368 g/mol. The highest BCUT2D eigenvalue weighted by Crippen LogP contribution is 2.19. The first-order chi connectivity index (χ1) is 13.9. The fraction of sp³-hybridized carbons (Fsp3) is 0.478. The number of nitrogens with zero attached hydrogens (tertiary/aromatic N) is 2. The SMILES string of the molecule is COc1ccc(CCN(CC2CCN(C)CC2)C(=O)c2cc(=O)cc(C)o2)cc1. The van der Waals surface area contributed by atoms with Crippen LogP contribution in [0.2, 0.25) is 0 Å². The van der Waals surface area contributed by atoms with Gasteiger partial charge in [0.2, 0.25) is 0 Å². The maximum Gasteiger partial charge on any atom is 0.289 e. The Kier molecular flexibility index (Phi) is 7.09. The van der Waals surface area contributed by atoms with Crippen molar-refractivity contribution in [3.8, 4) is 5.75 Å². The first-order valence-corrected chi connectivity index (χ1v) is 10.2. The second-order valence-corrected chi connectivity index (χ2v) is 7.86. The monoisotopic (exact) mass is 398 g/mol. The van der Waals surface area contributed by atoms with E-state index in [1.54, 1.807) is 14.0 Å². The molecule has 0 unspecified atom stereocenters. The molecule has 0 spiro atoms. The molecule has 0 bridgehead atoms. The first-order valence-electron chi connectivity index (χ1n) is 10.2. The van der Waals surface area contributed by atoms with Gasteiger partial charge in [0, 0.05) is 25.2 Å². The minimum Gasteiger partial charge on any atom is -0.497 e. The van der Waals surface area contributed by atoms with E-state index in [4.69, 9.17) is 9.15 Å². The van der Waals surface area contributed by atoms with Crippen molar-refractivity contribution in [2.24, 2.45) is 5.92 Å². The van der Waals surface area contributed by atoms with E-state index in [-0.39, 0.29) is 17.1 Å². The Bertz CT molecular complexity index is 867. The average molecular weight is 399 g/mol. The summed E-state index contributed by atoms with van der Waals surface area (Å²) in [5.74, 6) is 1.64. The first kappa shape index (κ1) is 21.1. The Hall–Kier alpha value is -2.60. The zero-order valence-corrected chi connectivity index (χ0v) is 17.5. The molecule has 6 nitrogen and oxygen atoms in total. The summed E-state index contributed by atoms with van der Waals surface area (Å²) in [5, 5.41) is 0.